The standard InChI is InChI=1S/C17H16F3NO3S/c1-23-13-7-11(8-14(9-13)24-2)10-21-16(22)12-3-5-15(6-4-12)25-17(18,19)20/h3-9H,10H2,1-2H3,(H,21,22). The van der Waals surface area contributed by atoms with Crippen LogP contribution in [0.15, 0.2) is 47.4 Å². The molecule has 0 atom stereocenters. The number of hydrogen-bond donors (Lipinski definition) is 1. The average Bonchev–Trinajstić information content (AvgIpc) is 2.58. The summed E-state index contributed by atoms with van der Waals surface area (Å²) in [6, 6.07) is 10.5. The number of thioether (sulfide) groups is 1. The van der Waals surface area contributed by atoms with Gasteiger partial charge in [0.25, 0.3) is 5.91 Å². The van der Waals surface area contributed by atoms with Gasteiger partial charge in [0.2, 0.25) is 0 Å². The molecular weight excluding hydrogens is 355 g/mol. The molecule has 0 bridgehead atoms. The van der Waals surface area contributed by atoms with E-state index in [1.165, 1.54) is 38.5 Å². The first-order chi connectivity index (χ1) is 11.8. The van der Waals surface area contributed by atoms with Crippen molar-refractivity contribution >= 4 is 17.7 Å². The molecule has 0 aromatic heterocycles. The summed E-state index contributed by atoms with van der Waals surface area (Å²) >= 11 is -0.220. The third-order valence-corrected chi connectivity index (χ3v) is 3.95. The first kappa shape index (κ1) is 19.0. The second-order valence-electron chi connectivity index (χ2n) is 4.98. The molecule has 25 heavy (non-hydrogen) atoms. The van der Waals surface area contributed by atoms with Gasteiger partial charge < -0.3 is 14.8 Å². The number of nitrogens with one attached hydrogen (secondary N) is 1. The summed E-state index contributed by atoms with van der Waals surface area (Å²) in [7, 11) is 3.05. The molecule has 0 spiro atoms. The molecule has 0 unspecified atom stereocenters. The SMILES string of the molecule is COc1cc(CNC(=O)c2ccc(SC(F)(F)F)cc2)cc(OC)c1. The third kappa shape index (κ3) is 5.90. The van der Waals surface area contributed by atoms with Crippen LogP contribution in [0, 0.1) is 0 Å². The van der Waals surface area contributed by atoms with Crippen molar-refractivity contribution < 1.29 is 27.4 Å². The highest BCUT2D eigenvalue weighted by Crippen LogP contribution is 2.36. The monoisotopic (exact) mass is 371 g/mol. The molecule has 0 aliphatic heterocycles. The predicted molar refractivity (Wildman–Crippen MR) is 89.1 cm³/mol. The van der Waals surface area contributed by atoms with Crippen LogP contribution < -0.4 is 14.8 Å². The second kappa shape index (κ2) is 8.15. The van der Waals surface area contributed by atoms with E-state index in [1.54, 1.807) is 18.2 Å². The Labute approximate surface area is 147 Å². The molecule has 134 valence electrons. The van der Waals surface area contributed by atoms with Gasteiger partial charge in [-0.3, -0.25) is 4.79 Å². The number of ether oxygens (including phenoxy) is 2. The van der Waals surface area contributed by atoms with Gasteiger partial charge in [-0.25, -0.2) is 0 Å². The lowest BCUT2D eigenvalue weighted by Gasteiger charge is -2.10. The number of hydrogen-bond acceptors (Lipinski definition) is 4. The van der Waals surface area contributed by atoms with Gasteiger partial charge in [-0.1, -0.05) is 0 Å². The molecular formula is C17H16F3NO3S. The Morgan fingerprint density at radius 1 is 1.04 bits per heavy atom. The molecule has 0 heterocycles. The summed E-state index contributed by atoms with van der Waals surface area (Å²) in [6.07, 6.45) is 0. The fourth-order valence-corrected chi connectivity index (χ4v) is 2.60. The molecule has 0 radical (unpaired) electrons. The number of halogens is 3. The molecule has 0 fully saturated rings. The van der Waals surface area contributed by atoms with Crippen molar-refractivity contribution in [3.8, 4) is 11.5 Å². The maximum absolute atomic E-state index is 12.3. The van der Waals surface area contributed by atoms with Gasteiger partial charge in [0.15, 0.2) is 0 Å². The Bertz CT molecular complexity index is 711. The number of carbonyl (C=O) groups excluding carboxylic acids is 1. The molecule has 0 saturated carbocycles. The fraction of sp³-hybridized carbons (Fsp3) is 0.235. The topological polar surface area (TPSA) is 47.6 Å². The van der Waals surface area contributed by atoms with Crippen molar-refractivity contribution in [3.05, 3.63) is 53.6 Å². The Hall–Kier alpha value is -2.35. The molecule has 0 aliphatic carbocycles. The van der Waals surface area contributed by atoms with Crippen molar-refractivity contribution in [3.63, 3.8) is 0 Å². The van der Waals surface area contributed by atoms with Gasteiger partial charge in [0.1, 0.15) is 11.5 Å². The molecule has 2 aromatic rings. The highest BCUT2D eigenvalue weighted by molar-refractivity contribution is 8.00. The quantitative estimate of drug-likeness (QED) is 0.772. The van der Waals surface area contributed by atoms with Crippen LogP contribution in [0.25, 0.3) is 0 Å². The molecule has 1 amide bonds. The molecule has 0 saturated heterocycles. The number of alkyl halides is 3. The van der Waals surface area contributed by atoms with Crippen LogP contribution >= 0.6 is 11.8 Å². The zero-order valence-corrected chi connectivity index (χ0v) is 14.3. The van der Waals surface area contributed by atoms with E-state index >= 15 is 0 Å². The van der Waals surface area contributed by atoms with E-state index < -0.39 is 5.51 Å². The van der Waals surface area contributed by atoms with E-state index in [1.807, 2.05) is 0 Å². The summed E-state index contributed by atoms with van der Waals surface area (Å²) in [5.41, 5.74) is -3.30. The van der Waals surface area contributed by atoms with Gasteiger partial charge in [-0.05, 0) is 53.7 Å². The Morgan fingerprint density at radius 2 is 1.60 bits per heavy atom. The Balaban J connectivity index is 2.00. The minimum absolute atomic E-state index is 0.0292. The molecule has 2 rings (SSSR count). The number of benzene rings is 2. The summed E-state index contributed by atoms with van der Waals surface area (Å²) in [5.74, 6) is 0.805. The lowest BCUT2D eigenvalue weighted by Crippen LogP contribution is -2.22. The van der Waals surface area contributed by atoms with E-state index in [0.29, 0.717) is 11.5 Å². The smallest absolute Gasteiger partial charge is 0.446 e. The van der Waals surface area contributed by atoms with Crippen molar-refractivity contribution in [2.45, 2.75) is 16.9 Å². The zero-order chi connectivity index (χ0) is 18.4. The summed E-state index contributed by atoms with van der Waals surface area (Å²) in [6.45, 7) is 0.228. The van der Waals surface area contributed by atoms with Crippen LogP contribution in [-0.4, -0.2) is 25.6 Å². The van der Waals surface area contributed by atoms with E-state index in [-0.39, 0.29) is 34.7 Å². The largest absolute Gasteiger partial charge is 0.497 e. The Morgan fingerprint density at radius 3 is 2.08 bits per heavy atom. The summed E-state index contributed by atoms with van der Waals surface area (Å²) < 4.78 is 47.2. The van der Waals surface area contributed by atoms with Gasteiger partial charge in [0, 0.05) is 23.1 Å². The number of carbonyl (C=O) groups is 1. The number of rotatable bonds is 6. The minimum Gasteiger partial charge on any atom is -0.497 e. The fourth-order valence-electron chi connectivity index (χ4n) is 2.06. The maximum atomic E-state index is 12.3. The normalized spacial score (nSPS) is 11.1. The van der Waals surface area contributed by atoms with Crippen molar-refractivity contribution in [1.82, 2.24) is 5.32 Å². The number of amides is 1. The third-order valence-electron chi connectivity index (χ3n) is 3.21. The molecule has 0 aliphatic rings. The highest BCUT2D eigenvalue weighted by atomic mass is 32.2. The lowest BCUT2D eigenvalue weighted by molar-refractivity contribution is -0.0328. The minimum atomic E-state index is -4.35. The molecule has 1 N–H and O–H groups in total. The second-order valence-corrected chi connectivity index (χ2v) is 6.11. The van der Waals surface area contributed by atoms with Crippen molar-refractivity contribution in [1.29, 1.82) is 0 Å². The first-order valence-corrected chi connectivity index (χ1v) is 7.98. The zero-order valence-electron chi connectivity index (χ0n) is 13.5. The molecule has 4 nitrogen and oxygen atoms in total. The van der Waals surface area contributed by atoms with Crippen LogP contribution in [0.1, 0.15) is 15.9 Å². The van der Waals surface area contributed by atoms with Gasteiger partial charge >= 0.3 is 5.51 Å². The Kier molecular flexibility index (Phi) is 6.19. The summed E-state index contributed by atoms with van der Waals surface area (Å²) in [5, 5.41) is 2.71. The first-order valence-electron chi connectivity index (χ1n) is 7.16. The summed E-state index contributed by atoms with van der Waals surface area (Å²) in [4.78, 5) is 12.2. The molecule has 8 heteroatoms. The van der Waals surface area contributed by atoms with E-state index in [4.69, 9.17) is 9.47 Å². The van der Waals surface area contributed by atoms with Gasteiger partial charge in [-0.2, -0.15) is 13.2 Å². The van der Waals surface area contributed by atoms with Crippen molar-refractivity contribution in [2.75, 3.05) is 14.2 Å². The van der Waals surface area contributed by atoms with E-state index in [2.05, 4.69) is 5.32 Å². The van der Waals surface area contributed by atoms with Crippen LogP contribution in [0.3, 0.4) is 0 Å². The van der Waals surface area contributed by atoms with Crippen LogP contribution in [-0.2, 0) is 6.54 Å². The van der Waals surface area contributed by atoms with Crippen LogP contribution in [0.4, 0.5) is 13.2 Å². The van der Waals surface area contributed by atoms with Crippen molar-refractivity contribution in [2.24, 2.45) is 0 Å². The van der Waals surface area contributed by atoms with Gasteiger partial charge in [0.05, 0.1) is 14.2 Å². The van der Waals surface area contributed by atoms with Crippen LogP contribution in [0.2, 0.25) is 0 Å². The lowest BCUT2D eigenvalue weighted by atomic mass is 10.1. The molecule has 2 aromatic carbocycles. The average molecular weight is 371 g/mol. The predicted octanol–water partition coefficient (Wildman–Crippen LogP) is 4.25. The van der Waals surface area contributed by atoms with Gasteiger partial charge in [-0.15, -0.1) is 0 Å². The van der Waals surface area contributed by atoms with E-state index in [9.17, 15) is 18.0 Å². The maximum Gasteiger partial charge on any atom is 0.446 e. The highest BCUT2D eigenvalue weighted by Gasteiger charge is 2.29. The number of methoxy groups -OCH3 is 2. The van der Waals surface area contributed by atoms with E-state index in [0.717, 1.165) is 5.56 Å². The van der Waals surface area contributed by atoms with Crippen LogP contribution in [0.5, 0.6) is 11.5 Å².